The summed E-state index contributed by atoms with van der Waals surface area (Å²) in [7, 11) is 13.4. The van der Waals surface area contributed by atoms with Crippen molar-refractivity contribution in [2.24, 2.45) is 35.5 Å². The van der Waals surface area contributed by atoms with E-state index in [-0.39, 0.29) is 49.9 Å². The third kappa shape index (κ3) is 22.8. The van der Waals surface area contributed by atoms with Gasteiger partial charge in [0.1, 0.15) is 54.4 Å². The van der Waals surface area contributed by atoms with E-state index in [0.717, 1.165) is 14.7 Å². The van der Waals surface area contributed by atoms with Gasteiger partial charge in [-0.2, -0.15) is 0 Å². The Labute approximate surface area is 514 Å². The van der Waals surface area contributed by atoms with Gasteiger partial charge in [-0.3, -0.25) is 52.7 Å². The summed E-state index contributed by atoms with van der Waals surface area (Å²) in [5, 5.41) is 23.3. The standard InChI is InChI=1S/C62H112N12O12/c1-24-26-28-41(13)53(77)52-57(81)65-43(27-25-2)58(82)68(17)34-48(75)70(19)45(31-36(3)4)56(80)66-50(39(9)10)61(85)72(21)46(32-37(5)6)55(79)63-42(14)54(78)64-44(29-30-67(15)16)59(83)69(18)35-49(76)71(20)47(33-38(7)8)60(84)73(22)51(40(11)12)62(86)74(52)23/h24,26,36-47,50-53,77H,25,27-35H2,1-23H3,(H,63,79)(H,64,78)(H,65,81)(H,66,80)/b26-24+/t41-,42-,43+,44?,45+,46+,47+,50-,51-,52?,53-/m1/s1. The van der Waals surface area contributed by atoms with Crippen LogP contribution in [0, 0.1) is 35.5 Å². The van der Waals surface area contributed by atoms with Gasteiger partial charge in [0.05, 0.1) is 19.2 Å². The summed E-state index contributed by atoms with van der Waals surface area (Å²) in [6.45, 7) is 24.1. The molecular formula is C62H112N12O12. The van der Waals surface area contributed by atoms with Gasteiger partial charge < -0.3 is 65.6 Å². The van der Waals surface area contributed by atoms with E-state index in [2.05, 4.69) is 21.3 Å². The fourth-order valence-corrected chi connectivity index (χ4v) is 10.5. The highest BCUT2D eigenvalue weighted by Crippen LogP contribution is 2.24. The van der Waals surface area contributed by atoms with Gasteiger partial charge in [0.2, 0.25) is 65.0 Å². The molecule has 1 fully saturated rings. The number of carbonyl (C=O) groups excluding carboxylic acids is 11. The third-order valence-corrected chi connectivity index (χ3v) is 16.0. The molecule has 0 bridgehead atoms. The van der Waals surface area contributed by atoms with Gasteiger partial charge in [-0.25, -0.2) is 0 Å². The number of hydrogen-bond donors (Lipinski definition) is 5. The highest BCUT2D eigenvalue weighted by Gasteiger charge is 2.45. The number of rotatable bonds is 17. The molecule has 0 aromatic heterocycles. The van der Waals surface area contributed by atoms with Crippen molar-refractivity contribution in [3.63, 3.8) is 0 Å². The lowest BCUT2D eigenvalue weighted by molar-refractivity contribution is -0.156. The molecule has 1 aliphatic rings. The molecular weight excluding hydrogens is 1100 g/mol. The Morgan fingerprint density at radius 1 is 0.512 bits per heavy atom. The average Bonchev–Trinajstić information content (AvgIpc) is 3.29. The zero-order valence-corrected chi connectivity index (χ0v) is 56.5. The summed E-state index contributed by atoms with van der Waals surface area (Å²) >= 11 is 0. The lowest BCUT2D eigenvalue weighted by atomic mass is 9.91. The van der Waals surface area contributed by atoms with Gasteiger partial charge in [0, 0.05) is 49.3 Å². The van der Waals surface area contributed by atoms with E-state index in [4.69, 9.17) is 0 Å². The Bertz CT molecular complexity index is 2330. The van der Waals surface area contributed by atoms with Gasteiger partial charge in [0.15, 0.2) is 0 Å². The first kappa shape index (κ1) is 77.8. The molecule has 0 aromatic rings. The smallest absolute Gasteiger partial charge is 0.246 e. The Hall–Kier alpha value is -6.17. The summed E-state index contributed by atoms with van der Waals surface area (Å²) < 4.78 is 0. The van der Waals surface area contributed by atoms with Crippen LogP contribution in [0.3, 0.4) is 0 Å². The van der Waals surface area contributed by atoms with E-state index in [9.17, 15) is 53.1 Å². The summed E-state index contributed by atoms with van der Waals surface area (Å²) in [5.41, 5.74) is 0. The lowest BCUT2D eigenvalue weighted by Gasteiger charge is -2.41. The number of nitrogens with zero attached hydrogens (tertiary/aromatic N) is 8. The summed E-state index contributed by atoms with van der Waals surface area (Å²) in [6, 6.07) is -11.1. The highest BCUT2D eigenvalue weighted by molar-refractivity contribution is 5.99. The average molecular weight is 1220 g/mol. The van der Waals surface area contributed by atoms with E-state index in [1.165, 1.54) is 75.9 Å². The van der Waals surface area contributed by atoms with Crippen molar-refractivity contribution in [2.45, 2.75) is 202 Å². The number of carbonyl (C=O) groups is 11. The van der Waals surface area contributed by atoms with Crippen LogP contribution < -0.4 is 21.3 Å². The molecule has 86 heavy (non-hydrogen) atoms. The SMILES string of the molecule is C/C=C/C[C@@H](C)[C@@H](O)C1C(=O)N[C@@H](CCC)C(=O)N(C)CC(=O)N(C)[C@@H](CC(C)C)C(=O)N[C@H](C(C)C)C(=O)N(C)[C@@H](CC(C)C)C(=O)N[C@H](C)C(=O)NC(CCN(C)C)C(=O)N(C)CC(=O)N(C)[C@@H](CC(C)C)C(=O)N(C)[C@H](C(C)C)C(=O)N1C. The number of nitrogens with one attached hydrogen (secondary N) is 4. The number of aliphatic hydroxyl groups is 1. The van der Waals surface area contributed by atoms with Gasteiger partial charge >= 0.3 is 0 Å². The molecule has 5 N–H and O–H groups in total. The molecule has 0 aliphatic carbocycles. The number of allylic oxidation sites excluding steroid dienone is 2. The Morgan fingerprint density at radius 3 is 1.38 bits per heavy atom. The molecule has 11 amide bonds. The molecule has 0 spiro atoms. The molecule has 1 heterocycles. The zero-order valence-electron chi connectivity index (χ0n) is 56.5. The lowest BCUT2D eigenvalue weighted by Crippen LogP contribution is -2.63. The molecule has 24 heteroatoms. The highest BCUT2D eigenvalue weighted by atomic mass is 16.3. The van der Waals surface area contributed by atoms with Crippen molar-refractivity contribution in [3.05, 3.63) is 12.2 Å². The van der Waals surface area contributed by atoms with E-state index in [1.54, 1.807) is 68.6 Å². The minimum Gasteiger partial charge on any atom is -0.390 e. The van der Waals surface area contributed by atoms with Crippen LogP contribution in [-0.4, -0.2) is 253 Å². The molecule has 2 unspecified atom stereocenters. The van der Waals surface area contributed by atoms with E-state index >= 15 is 4.79 Å². The first-order valence-electron chi connectivity index (χ1n) is 30.8. The molecule has 0 radical (unpaired) electrons. The summed E-state index contributed by atoms with van der Waals surface area (Å²) in [6.07, 6.45) is 3.45. The van der Waals surface area contributed by atoms with E-state index in [0.29, 0.717) is 19.4 Å². The number of amides is 11. The maximum Gasteiger partial charge on any atom is 0.246 e. The monoisotopic (exact) mass is 1220 g/mol. The largest absolute Gasteiger partial charge is 0.390 e. The Kier molecular flexibility index (Phi) is 32.8. The number of aliphatic hydroxyl groups excluding tert-OH is 1. The van der Waals surface area contributed by atoms with Crippen molar-refractivity contribution in [3.8, 4) is 0 Å². The van der Waals surface area contributed by atoms with Crippen molar-refractivity contribution in [1.82, 2.24) is 60.5 Å². The minimum absolute atomic E-state index is 0.0923. The fraction of sp³-hybridized carbons (Fsp3) is 0.790. The van der Waals surface area contributed by atoms with Crippen LogP contribution in [0.4, 0.5) is 0 Å². The van der Waals surface area contributed by atoms with Crippen LogP contribution >= 0.6 is 0 Å². The zero-order chi connectivity index (χ0) is 66.5. The molecule has 24 nitrogen and oxygen atoms in total. The maximum absolute atomic E-state index is 15.1. The van der Waals surface area contributed by atoms with E-state index < -0.39 is 156 Å². The fourth-order valence-electron chi connectivity index (χ4n) is 10.5. The van der Waals surface area contributed by atoms with Crippen LogP contribution in [0.1, 0.15) is 142 Å². The molecule has 492 valence electrons. The van der Waals surface area contributed by atoms with Crippen LogP contribution in [0.25, 0.3) is 0 Å². The van der Waals surface area contributed by atoms with Crippen molar-refractivity contribution < 1.29 is 57.8 Å². The van der Waals surface area contributed by atoms with Crippen LogP contribution in [0.5, 0.6) is 0 Å². The second-order valence-corrected chi connectivity index (χ2v) is 26.1. The molecule has 0 saturated carbocycles. The van der Waals surface area contributed by atoms with Gasteiger partial charge in [0.25, 0.3) is 0 Å². The van der Waals surface area contributed by atoms with Crippen LogP contribution in [-0.2, 0) is 52.7 Å². The minimum atomic E-state index is -1.61. The van der Waals surface area contributed by atoms with Gasteiger partial charge in [-0.15, -0.1) is 0 Å². The van der Waals surface area contributed by atoms with Crippen molar-refractivity contribution in [2.75, 3.05) is 83.1 Å². The summed E-state index contributed by atoms with van der Waals surface area (Å²) in [4.78, 5) is 170. The number of likely N-dealkylation sites (N-methyl/N-ethyl adjacent to an activating group) is 7. The molecule has 11 atom stereocenters. The predicted molar refractivity (Wildman–Crippen MR) is 332 cm³/mol. The second-order valence-electron chi connectivity index (χ2n) is 26.1. The molecule has 1 rings (SSSR count). The normalized spacial score (nSPS) is 25.9. The van der Waals surface area contributed by atoms with E-state index in [1.807, 2.05) is 52.5 Å². The Balaban J connectivity index is 4.31. The number of hydrogen-bond acceptors (Lipinski definition) is 13. The maximum atomic E-state index is 15.1. The topological polar surface area (TPSA) is 282 Å². The third-order valence-electron chi connectivity index (χ3n) is 16.0. The van der Waals surface area contributed by atoms with Crippen LogP contribution in [0.15, 0.2) is 12.2 Å². The van der Waals surface area contributed by atoms with Gasteiger partial charge in [-0.1, -0.05) is 102 Å². The Morgan fingerprint density at radius 2 is 0.942 bits per heavy atom. The molecule has 1 aliphatic heterocycles. The van der Waals surface area contributed by atoms with Gasteiger partial charge in [-0.05, 0) is 109 Å². The first-order chi connectivity index (χ1) is 39.8. The van der Waals surface area contributed by atoms with Crippen molar-refractivity contribution >= 4 is 65.0 Å². The molecule has 1 saturated heterocycles. The second kappa shape index (κ2) is 36.2. The first-order valence-corrected chi connectivity index (χ1v) is 30.8. The van der Waals surface area contributed by atoms with Crippen molar-refractivity contribution in [1.29, 1.82) is 0 Å². The van der Waals surface area contributed by atoms with Crippen LogP contribution in [0.2, 0.25) is 0 Å². The quantitative estimate of drug-likeness (QED) is 0.131. The predicted octanol–water partition coefficient (Wildman–Crippen LogP) is 2.18. The molecule has 0 aromatic carbocycles. The summed E-state index contributed by atoms with van der Waals surface area (Å²) in [5.74, 6) is -9.56.